The molecule has 8 nitrogen and oxygen atoms in total. The van der Waals surface area contributed by atoms with E-state index in [0.29, 0.717) is 0 Å². The maximum absolute atomic E-state index is 12.1. The number of ether oxygens (including phenoxy) is 1. The zero-order chi connectivity index (χ0) is 20.6. The Kier molecular flexibility index (Phi) is 5.90. The van der Waals surface area contributed by atoms with Gasteiger partial charge >= 0.3 is 5.69 Å². The van der Waals surface area contributed by atoms with E-state index in [4.69, 9.17) is 15.6 Å². The lowest BCUT2D eigenvalue weighted by atomic mass is 9.89. The van der Waals surface area contributed by atoms with Gasteiger partial charge in [0.05, 0.1) is 6.61 Å². The van der Waals surface area contributed by atoms with Crippen molar-refractivity contribution in [2.75, 3.05) is 6.61 Å². The molecule has 1 aromatic heterocycles. The highest BCUT2D eigenvalue weighted by Crippen LogP contribution is 2.41. The van der Waals surface area contributed by atoms with E-state index >= 15 is 0 Å². The molecule has 0 bridgehead atoms. The second kappa shape index (κ2) is 7.37. The van der Waals surface area contributed by atoms with Gasteiger partial charge in [-0.2, -0.15) is 0 Å². The highest BCUT2D eigenvalue weighted by molar-refractivity contribution is 6.74. The van der Waals surface area contributed by atoms with Crippen molar-refractivity contribution < 1.29 is 19.4 Å². The van der Waals surface area contributed by atoms with E-state index in [1.54, 1.807) is 0 Å². The van der Waals surface area contributed by atoms with Gasteiger partial charge in [0.1, 0.15) is 17.8 Å². The molecule has 1 aliphatic rings. The van der Waals surface area contributed by atoms with Gasteiger partial charge in [-0.3, -0.25) is 14.3 Å². The number of aliphatic hydroxyl groups excluding tert-OH is 1. The normalized spacial score (nSPS) is 28.9. The van der Waals surface area contributed by atoms with E-state index in [0.717, 1.165) is 10.6 Å². The van der Waals surface area contributed by atoms with E-state index in [1.165, 1.54) is 6.20 Å². The molecular weight excluding hydrogens is 368 g/mol. The summed E-state index contributed by atoms with van der Waals surface area (Å²) < 4.78 is 13.0. The summed E-state index contributed by atoms with van der Waals surface area (Å²) in [5.41, 5.74) is -3.10. The lowest BCUT2D eigenvalue weighted by Gasteiger charge is -2.38. The topological polar surface area (TPSA) is 114 Å². The van der Waals surface area contributed by atoms with Crippen molar-refractivity contribution in [1.29, 1.82) is 0 Å². The average molecular weight is 397 g/mol. The highest BCUT2D eigenvalue weighted by Gasteiger charge is 2.56. The second-order valence-corrected chi connectivity index (χ2v) is 13.2. The molecule has 150 valence electrons. The van der Waals surface area contributed by atoms with Crippen LogP contribution in [0.25, 0.3) is 0 Å². The highest BCUT2D eigenvalue weighted by atomic mass is 28.4. The predicted molar refractivity (Wildman–Crippen MR) is 103 cm³/mol. The molecule has 3 N–H and O–H groups in total. The summed E-state index contributed by atoms with van der Waals surface area (Å²) >= 11 is 0. The minimum atomic E-state index is -2.14. The first-order valence-corrected chi connectivity index (χ1v) is 11.7. The van der Waals surface area contributed by atoms with Crippen molar-refractivity contribution in [3.05, 3.63) is 33.1 Å². The molecule has 1 fully saturated rings. The van der Waals surface area contributed by atoms with Gasteiger partial charge in [0.15, 0.2) is 14.5 Å². The van der Waals surface area contributed by atoms with Crippen LogP contribution in [-0.4, -0.2) is 52.5 Å². The molecule has 2 rings (SSSR count). The molecular formula is C18H28N2O6Si. The minimum absolute atomic E-state index is 0.0281. The molecule has 2 heterocycles. The number of hydrogen-bond donors (Lipinski definition) is 3. The molecule has 4 atom stereocenters. The monoisotopic (exact) mass is 396 g/mol. The van der Waals surface area contributed by atoms with Crippen molar-refractivity contribution in [2.24, 2.45) is 0 Å². The molecule has 1 aliphatic heterocycles. The summed E-state index contributed by atoms with van der Waals surface area (Å²) in [6.45, 7) is 10.4. The molecule has 0 spiro atoms. The van der Waals surface area contributed by atoms with Crippen LogP contribution >= 0.6 is 0 Å². The van der Waals surface area contributed by atoms with Crippen molar-refractivity contribution in [2.45, 2.75) is 69.4 Å². The van der Waals surface area contributed by atoms with Crippen molar-refractivity contribution in [3.8, 4) is 12.3 Å². The Hall–Kier alpha value is -1.70. The Bertz CT molecular complexity index is 834. The predicted octanol–water partition coefficient (Wildman–Crippen LogP) is 0.571. The summed E-state index contributed by atoms with van der Waals surface area (Å²) in [6.07, 6.45) is 2.83. The van der Waals surface area contributed by atoms with Crippen LogP contribution in [0.4, 0.5) is 0 Å². The molecule has 0 saturated carbocycles. The summed E-state index contributed by atoms with van der Waals surface area (Å²) in [4.78, 5) is 25.4. The molecule has 0 unspecified atom stereocenters. The van der Waals surface area contributed by atoms with Crippen LogP contribution in [0.3, 0.4) is 0 Å². The SMILES string of the molecule is C#CC[C@@]1(O)[C@@H](CO[Si](C)(C)C(C)(C)C)O[C@@H](n2ccc(=O)[nH]c2=O)[C@@H]1O. The Balaban J connectivity index is 2.32. The zero-order valence-electron chi connectivity index (χ0n) is 16.4. The first-order chi connectivity index (χ1) is 12.3. The number of aliphatic hydroxyl groups is 2. The summed E-state index contributed by atoms with van der Waals surface area (Å²) in [7, 11) is -2.14. The van der Waals surface area contributed by atoms with Crippen LogP contribution in [0.15, 0.2) is 21.9 Å². The molecule has 1 saturated heterocycles. The minimum Gasteiger partial charge on any atom is -0.414 e. The fourth-order valence-corrected chi connectivity index (χ4v) is 3.71. The van der Waals surface area contributed by atoms with Crippen LogP contribution in [0.5, 0.6) is 0 Å². The first-order valence-electron chi connectivity index (χ1n) is 8.78. The second-order valence-electron chi connectivity index (χ2n) is 8.42. The van der Waals surface area contributed by atoms with E-state index in [-0.39, 0.29) is 18.1 Å². The number of aromatic nitrogens is 2. The van der Waals surface area contributed by atoms with Crippen molar-refractivity contribution in [3.63, 3.8) is 0 Å². The van der Waals surface area contributed by atoms with E-state index in [2.05, 4.69) is 44.8 Å². The van der Waals surface area contributed by atoms with Crippen molar-refractivity contribution >= 4 is 8.32 Å². The van der Waals surface area contributed by atoms with Crippen LogP contribution in [0, 0.1) is 12.3 Å². The van der Waals surface area contributed by atoms with Crippen LogP contribution in [-0.2, 0) is 9.16 Å². The lowest BCUT2D eigenvalue weighted by molar-refractivity contribution is -0.0872. The van der Waals surface area contributed by atoms with Gasteiger partial charge < -0.3 is 19.4 Å². The largest absolute Gasteiger partial charge is 0.414 e. The molecule has 0 radical (unpaired) electrons. The van der Waals surface area contributed by atoms with Crippen molar-refractivity contribution in [1.82, 2.24) is 9.55 Å². The third kappa shape index (κ3) is 4.10. The maximum atomic E-state index is 12.1. The van der Waals surface area contributed by atoms with Gasteiger partial charge in [0.25, 0.3) is 5.56 Å². The van der Waals surface area contributed by atoms with E-state index < -0.39 is 43.6 Å². The van der Waals surface area contributed by atoms with Gasteiger partial charge in [-0.25, -0.2) is 4.79 Å². The van der Waals surface area contributed by atoms with E-state index in [9.17, 15) is 19.8 Å². The van der Waals surface area contributed by atoms with Gasteiger partial charge in [-0.1, -0.05) is 20.8 Å². The standard InChI is InChI=1S/C18H28N2O6Si/c1-7-9-18(24)12(11-25-27(5,6)17(2,3)4)26-15(14(18)22)20-10-8-13(21)19-16(20)23/h1,8,10,12,14-15,22,24H,9,11H2,2-6H3,(H,19,21,23)/t12-,14+,15-,18-/m1/s1. The zero-order valence-corrected chi connectivity index (χ0v) is 17.4. The fourth-order valence-electron chi connectivity index (χ4n) is 2.71. The quantitative estimate of drug-likeness (QED) is 0.495. The fraction of sp³-hybridized carbons (Fsp3) is 0.667. The third-order valence-electron chi connectivity index (χ3n) is 5.56. The summed E-state index contributed by atoms with van der Waals surface area (Å²) in [5.74, 6) is 2.35. The number of rotatable bonds is 5. The number of terminal acetylenes is 1. The Labute approximate surface area is 159 Å². The Morgan fingerprint density at radius 1 is 1.44 bits per heavy atom. The molecule has 1 aromatic rings. The average Bonchev–Trinajstić information content (AvgIpc) is 2.77. The first kappa shape index (κ1) is 21.6. The molecule has 0 amide bonds. The van der Waals surface area contributed by atoms with Gasteiger partial charge in [0.2, 0.25) is 0 Å². The lowest BCUT2D eigenvalue weighted by Crippen LogP contribution is -2.51. The van der Waals surface area contributed by atoms with Crippen LogP contribution < -0.4 is 11.2 Å². The van der Waals surface area contributed by atoms with Gasteiger partial charge in [0, 0.05) is 18.7 Å². The number of nitrogens with one attached hydrogen (secondary N) is 1. The van der Waals surface area contributed by atoms with Crippen LogP contribution in [0.2, 0.25) is 18.1 Å². The maximum Gasteiger partial charge on any atom is 0.330 e. The molecule has 0 aliphatic carbocycles. The molecule has 0 aromatic carbocycles. The van der Waals surface area contributed by atoms with E-state index in [1.807, 2.05) is 0 Å². The van der Waals surface area contributed by atoms with Crippen LogP contribution in [0.1, 0.15) is 33.4 Å². The number of H-pyrrole nitrogens is 1. The summed E-state index contributed by atoms with van der Waals surface area (Å²) in [6, 6.07) is 1.14. The molecule has 27 heavy (non-hydrogen) atoms. The number of hydrogen-bond acceptors (Lipinski definition) is 6. The molecule has 9 heteroatoms. The Morgan fingerprint density at radius 2 is 2.07 bits per heavy atom. The number of nitrogens with zero attached hydrogens (tertiary/aromatic N) is 1. The van der Waals surface area contributed by atoms with Gasteiger partial charge in [-0.05, 0) is 18.1 Å². The Morgan fingerprint density at radius 3 is 2.59 bits per heavy atom. The summed E-state index contributed by atoms with van der Waals surface area (Å²) in [5, 5.41) is 21.7. The third-order valence-corrected chi connectivity index (χ3v) is 10.1. The number of aromatic amines is 1. The van der Waals surface area contributed by atoms with Gasteiger partial charge in [-0.15, -0.1) is 12.3 Å². The smallest absolute Gasteiger partial charge is 0.330 e.